The summed E-state index contributed by atoms with van der Waals surface area (Å²) in [6, 6.07) is 10.3. The largest absolute Gasteiger partial charge is 0.384 e. The Bertz CT molecular complexity index is 835. The fourth-order valence-electron chi connectivity index (χ4n) is 2.48. The van der Waals surface area contributed by atoms with Crippen molar-refractivity contribution in [2.24, 2.45) is 0 Å². The number of hydrogen-bond acceptors (Lipinski definition) is 3. The van der Waals surface area contributed by atoms with Gasteiger partial charge in [-0.15, -0.1) is 0 Å². The topological polar surface area (TPSA) is 42.8 Å². The zero-order chi connectivity index (χ0) is 14.8. The summed E-state index contributed by atoms with van der Waals surface area (Å²) in [6.07, 6.45) is 2.70. The minimum absolute atomic E-state index is 0.660. The van der Waals surface area contributed by atoms with Crippen molar-refractivity contribution in [2.75, 3.05) is 13.7 Å². The number of aromatic nitrogens is 3. The van der Waals surface area contributed by atoms with Crippen molar-refractivity contribution in [3.8, 4) is 5.69 Å². The Balaban J connectivity index is 2.21. The van der Waals surface area contributed by atoms with E-state index in [2.05, 4.69) is 28.2 Å². The number of nitrogens with zero attached hydrogens (tertiary/aromatic N) is 2. The molecular formula is C16H17N3OS. The van der Waals surface area contributed by atoms with Gasteiger partial charge in [0.2, 0.25) is 0 Å². The molecule has 0 atom stereocenters. The summed E-state index contributed by atoms with van der Waals surface area (Å²) in [5.41, 5.74) is 5.18. The third-order valence-electron chi connectivity index (χ3n) is 3.47. The monoisotopic (exact) mass is 299 g/mol. The maximum absolute atomic E-state index is 5.49. The van der Waals surface area contributed by atoms with E-state index >= 15 is 0 Å². The lowest BCUT2D eigenvalue weighted by atomic mass is 10.1. The molecule has 5 heteroatoms. The molecule has 21 heavy (non-hydrogen) atoms. The highest BCUT2D eigenvalue weighted by atomic mass is 32.1. The highest BCUT2D eigenvalue weighted by molar-refractivity contribution is 7.71. The fourth-order valence-corrected chi connectivity index (χ4v) is 2.77. The zero-order valence-corrected chi connectivity index (χ0v) is 12.9. The number of hydrogen-bond donors (Lipinski definition) is 1. The number of ether oxygens (including phenoxy) is 1. The van der Waals surface area contributed by atoms with Crippen LogP contribution < -0.4 is 0 Å². The molecule has 0 fully saturated rings. The van der Waals surface area contributed by atoms with Gasteiger partial charge in [-0.1, -0.05) is 18.2 Å². The van der Waals surface area contributed by atoms with Gasteiger partial charge in [0, 0.05) is 13.3 Å². The molecule has 0 aliphatic heterocycles. The lowest BCUT2D eigenvalue weighted by Gasteiger charge is -2.10. The molecule has 1 N–H and O–H groups in total. The van der Waals surface area contributed by atoms with E-state index in [1.165, 1.54) is 5.56 Å². The number of methoxy groups -OCH3 is 1. The van der Waals surface area contributed by atoms with Gasteiger partial charge in [-0.2, -0.15) is 0 Å². The number of fused-ring (bicyclic) bond motifs is 1. The molecule has 3 rings (SSSR count). The van der Waals surface area contributed by atoms with E-state index in [4.69, 9.17) is 17.0 Å². The van der Waals surface area contributed by atoms with E-state index in [0.29, 0.717) is 11.4 Å². The van der Waals surface area contributed by atoms with Crippen LogP contribution in [0.3, 0.4) is 0 Å². The smallest absolute Gasteiger partial charge is 0.184 e. The Morgan fingerprint density at radius 2 is 2.14 bits per heavy atom. The van der Waals surface area contributed by atoms with Crippen LogP contribution in [0.1, 0.15) is 11.1 Å². The van der Waals surface area contributed by atoms with Gasteiger partial charge >= 0.3 is 0 Å². The first-order chi connectivity index (χ1) is 10.2. The number of H-pyrrole nitrogens is 1. The fraction of sp³-hybridized carbons (Fsp3) is 0.250. The first kappa shape index (κ1) is 14.0. The second-order valence-corrected chi connectivity index (χ2v) is 5.41. The average molecular weight is 299 g/mol. The quantitative estimate of drug-likeness (QED) is 0.749. The van der Waals surface area contributed by atoms with Crippen molar-refractivity contribution >= 4 is 23.4 Å². The Labute approximate surface area is 128 Å². The van der Waals surface area contributed by atoms with Gasteiger partial charge < -0.3 is 9.72 Å². The average Bonchev–Trinajstić information content (AvgIpc) is 2.80. The van der Waals surface area contributed by atoms with Crippen LogP contribution in [0.5, 0.6) is 0 Å². The second-order valence-electron chi connectivity index (χ2n) is 5.02. The Hall–Kier alpha value is -1.98. The van der Waals surface area contributed by atoms with Crippen molar-refractivity contribution in [2.45, 2.75) is 13.3 Å². The van der Waals surface area contributed by atoms with Crippen molar-refractivity contribution in [3.63, 3.8) is 0 Å². The molecule has 2 aromatic heterocycles. The van der Waals surface area contributed by atoms with Gasteiger partial charge in [0.1, 0.15) is 0 Å². The maximum Gasteiger partial charge on any atom is 0.184 e. The second kappa shape index (κ2) is 5.79. The number of rotatable bonds is 4. The molecule has 0 saturated heterocycles. The molecule has 0 unspecified atom stereocenters. The van der Waals surface area contributed by atoms with Gasteiger partial charge in [-0.25, -0.2) is 4.98 Å². The lowest BCUT2D eigenvalue weighted by Crippen LogP contribution is -2.03. The number of imidazole rings is 1. The number of aromatic amines is 1. The van der Waals surface area contributed by atoms with E-state index < -0.39 is 0 Å². The molecule has 0 aliphatic rings. The summed E-state index contributed by atoms with van der Waals surface area (Å²) in [5.74, 6) is 0. The number of aryl methyl sites for hydroxylation is 1. The molecule has 0 aliphatic carbocycles. The number of para-hydroxylation sites is 1. The van der Waals surface area contributed by atoms with Crippen LogP contribution in [0.4, 0.5) is 0 Å². The number of benzene rings is 1. The van der Waals surface area contributed by atoms with Crippen LogP contribution in [0, 0.1) is 11.7 Å². The summed E-state index contributed by atoms with van der Waals surface area (Å²) >= 11 is 5.49. The van der Waals surface area contributed by atoms with E-state index in [9.17, 15) is 0 Å². The van der Waals surface area contributed by atoms with E-state index in [1.54, 1.807) is 7.11 Å². The standard InChI is InChI=1S/C16H17N3OS/c1-11-9-13-15(17-10-11)19(16(21)18-13)14-6-4-3-5-12(14)7-8-20-2/h3-6,9-10H,7-8H2,1-2H3,(H,18,21). The van der Waals surface area contributed by atoms with Crippen molar-refractivity contribution in [3.05, 3.63) is 52.4 Å². The Kier molecular flexibility index (Phi) is 3.86. The van der Waals surface area contributed by atoms with Crippen molar-refractivity contribution < 1.29 is 4.74 Å². The minimum Gasteiger partial charge on any atom is -0.384 e. The molecule has 0 bridgehead atoms. The molecule has 1 aromatic carbocycles. The van der Waals surface area contributed by atoms with Gasteiger partial charge in [-0.05, 0) is 48.8 Å². The first-order valence-corrected chi connectivity index (χ1v) is 7.26. The third-order valence-corrected chi connectivity index (χ3v) is 3.75. The van der Waals surface area contributed by atoms with E-state index in [1.807, 2.05) is 29.8 Å². The third kappa shape index (κ3) is 2.62. The Morgan fingerprint density at radius 1 is 1.33 bits per heavy atom. The van der Waals surface area contributed by atoms with Crippen LogP contribution >= 0.6 is 12.2 Å². The molecule has 4 nitrogen and oxygen atoms in total. The normalized spacial score (nSPS) is 11.1. The summed E-state index contributed by atoms with van der Waals surface area (Å²) in [5, 5.41) is 0. The van der Waals surface area contributed by atoms with Crippen molar-refractivity contribution in [1.82, 2.24) is 14.5 Å². The summed E-state index contributed by atoms with van der Waals surface area (Å²) in [4.78, 5) is 7.77. The van der Waals surface area contributed by atoms with Gasteiger partial charge in [0.15, 0.2) is 10.4 Å². The predicted octanol–water partition coefficient (Wildman–Crippen LogP) is 3.58. The predicted molar refractivity (Wildman–Crippen MR) is 86.6 cm³/mol. The highest BCUT2D eigenvalue weighted by Gasteiger charge is 2.11. The van der Waals surface area contributed by atoms with E-state index in [-0.39, 0.29) is 0 Å². The van der Waals surface area contributed by atoms with Crippen LogP contribution in [-0.4, -0.2) is 28.3 Å². The molecule has 2 heterocycles. The highest BCUT2D eigenvalue weighted by Crippen LogP contribution is 2.22. The molecule has 108 valence electrons. The van der Waals surface area contributed by atoms with E-state index in [0.717, 1.165) is 28.8 Å². The van der Waals surface area contributed by atoms with Gasteiger partial charge in [0.25, 0.3) is 0 Å². The van der Waals surface area contributed by atoms with Crippen LogP contribution in [-0.2, 0) is 11.2 Å². The summed E-state index contributed by atoms with van der Waals surface area (Å²) in [7, 11) is 1.71. The number of nitrogens with one attached hydrogen (secondary N) is 1. The van der Waals surface area contributed by atoms with Gasteiger partial charge in [0.05, 0.1) is 17.8 Å². The van der Waals surface area contributed by atoms with Crippen LogP contribution in [0.15, 0.2) is 36.5 Å². The lowest BCUT2D eigenvalue weighted by molar-refractivity contribution is 0.202. The van der Waals surface area contributed by atoms with Crippen LogP contribution in [0.2, 0.25) is 0 Å². The maximum atomic E-state index is 5.49. The number of pyridine rings is 1. The minimum atomic E-state index is 0.660. The molecule has 0 spiro atoms. The SMILES string of the molecule is COCCc1ccccc1-n1c(=S)[nH]c2cc(C)cnc21. The molecular weight excluding hydrogens is 282 g/mol. The molecule has 0 amide bonds. The molecule has 0 radical (unpaired) electrons. The summed E-state index contributed by atoms with van der Waals surface area (Å²) in [6.45, 7) is 2.70. The van der Waals surface area contributed by atoms with Crippen molar-refractivity contribution in [1.29, 1.82) is 0 Å². The Morgan fingerprint density at radius 3 is 2.95 bits per heavy atom. The first-order valence-electron chi connectivity index (χ1n) is 6.85. The molecule has 3 aromatic rings. The van der Waals surface area contributed by atoms with Crippen LogP contribution in [0.25, 0.3) is 16.9 Å². The summed E-state index contributed by atoms with van der Waals surface area (Å²) < 4.78 is 7.85. The van der Waals surface area contributed by atoms with Gasteiger partial charge in [-0.3, -0.25) is 4.57 Å². The zero-order valence-electron chi connectivity index (χ0n) is 12.1. The molecule has 0 saturated carbocycles.